The van der Waals surface area contributed by atoms with Crippen LogP contribution in [0, 0.1) is 6.61 Å². The van der Waals surface area contributed by atoms with Gasteiger partial charge >= 0.3 is 5.97 Å². The Morgan fingerprint density at radius 1 is 2.00 bits per heavy atom. The van der Waals surface area contributed by atoms with Gasteiger partial charge in [-0.15, -0.1) is 11.6 Å². The van der Waals surface area contributed by atoms with Crippen molar-refractivity contribution in [1.29, 1.82) is 0 Å². The molecule has 0 fully saturated rings. The second-order valence-corrected chi connectivity index (χ2v) is 1.24. The molecule has 0 aromatic heterocycles. The Labute approximate surface area is 47.4 Å². The van der Waals surface area contributed by atoms with Crippen molar-refractivity contribution < 1.29 is 9.53 Å². The minimum atomic E-state index is -0.333. The van der Waals surface area contributed by atoms with Gasteiger partial charge in [0, 0.05) is 6.92 Å². The van der Waals surface area contributed by atoms with E-state index in [-0.39, 0.29) is 11.8 Å². The molecule has 0 heterocycles. The highest BCUT2D eigenvalue weighted by molar-refractivity contribution is 6.18. The maximum Gasteiger partial charge on any atom is 0.303 e. The Kier molecular flexibility index (Phi) is 3.80. The van der Waals surface area contributed by atoms with E-state index in [2.05, 4.69) is 4.74 Å². The molecule has 41 valence electrons. The summed E-state index contributed by atoms with van der Waals surface area (Å²) >= 11 is 5.11. The zero-order valence-corrected chi connectivity index (χ0v) is 4.73. The predicted molar refractivity (Wildman–Crippen MR) is 26.8 cm³/mol. The van der Waals surface area contributed by atoms with Gasteiger partial charge in [-0.25, -0.2) is 0 Å². The summed E-state index contributed by atoms with van der Waals surface area (Å²) in [5.74, 6) is -0.0831. The fourth-order valence-corrected chi connectivity index (χ4v) is 0.212. The first-order valence-electron chi connectivity index (χ1n) is 1.82. The standard InChI is InChI=1S/C4H6ClO2/c1-4(6)7-3-2-5/h3H,2H2,1H3. The molecule has 0 aliphatic heterocycles. The normalized spacial score (nSPS) is 8.29. The second kappa shape index (κ2) is 3.93. The minimum Gasteiger partial charge on any atom is -0.457 e. The SMILES string of the molecule is CC(=O)O[CH]CCl. The second-order valence-electron chi connectivity index (χ2n) is 0.930. The number of ether oxygens (including phenoxy) is 1. The largest absolute Gasteiger partial charge is 0.457 e. The fraction of sp³-hybridized carbons (Fsp3) is 0.500. The van der Waals surface area contributed by atoms with Crippen molar-refractivity contribution in [2.45, 2.75) is 6.92 Å². The average molecular weight is 122 g/mol. The average Bonchev–Trinajstić information content (AvgIpc) is 1.61. The highest BCUT2D eigenvalue weighted by Gasteiger charge is 1.87. The minimum absolute atomic E-state index is 0.250. The van der Waals surface area contributed by atoms with Gasteiger partial charge in [-0.05, 0) is 0 Å². The van der Waals surface area contributed by atoms with Crippen molar-refractivity contribution in [3.05, 3.63) is 6.61 Å². The maximum atomic E-state index is 9.89. The van der Waals surface area contributed by atoms with E-state index in [1.54, 1.807) is 0 Å². The number of rotatable bonds is 2. The number of carbonyl (C=O) groups excluding carboxylic acids is 1. The van der Waals surface area contributed by atoms with Gasteiger partial charge in [0.1, 0.15) is 0 Å². The summed E-state index contributed by atoms with van der Waals surface area (Å²) < 4.78 is 4.30. The van der Waals surface area contributed by atoms with Crippen LogP contribution in [0.5, 0.6) is 0 Å². The maximum absolute atomic E-state index is 9.89. The van der Waals surface area contributed by atoms with Gasteiger partial charge < -0.3 is 4.74 Å². The molecule has 0 amide bonds. The summed E-state index contributed by atoms with van der Waals surface area (Å²) in [4.78, 5) is 9.89. The molecule has 0 spiro atoms. The highest BCUT2D eigenvalue weighted by Crippen LogP contribution is 1.84. The molecule has 3 heteroatoms. The molecule has 0 atom stereocenters. The van der Waals surface area contributed by atoms with Gasteiger partial charge in [0.05, 0.1) is 5.88 Å². The third kappa shape index (κ3) is 5.76. The topological polar surface area (TPSA) is 26.3 Å². The van der Waals surface area contributed by atoms with Crippen LogP contribution in [-0.2, 0) is 9.53 Å². The number of hydrogen-bond acceptors (Lipinski definition) is 2. The third-order valence-electron chi connectivity index (χ3n) is 0.312. The Bertz CT molecular complexity index is 62.7. The lowest BCUT2D eigenvalue weighted by atomic mass is 10.8. The molecule has 1 radical (unpaired) electrons. The van der Waals surface area contributed by atoms with Gasteiger partial charge in [-0.1, -0.05) is 0 Å². The first kappa shape index (κ1) is 6.76. The number of carbonyl (C=O) groups is 1. The zero-order valence-electron chi connectivity index (χ0n) is 3.98. The summed E-state index contributed by atoms with van der Waals surface area (Å²) in [5, 5.41) is 0. The van der Waals surface area contributed by atoms with Crippen LogP contribution in [0.25, 0.3) is 0 Å². The molecule has 0 aliphatic rings. The molecule has 0 saturated carbocycles. The van der Waals surface area contributed by atoms with Crippen LogP contribution in [0.15, 0.2) is 0 Å². The summed E-state index contributed by atoms with van der Waals surface area (Å²) in [5.41, 5.74) is 0. The molecule has 0 bridgehead atoms. The van der Waals surface area contributed by atoms with Crippen molar-refractivity contribution in [3.8, 4) is 0 Å². The van der Waals surface area contributed by atoms with Crippen molar-refractivity contribution >= 4 is 17.6 Å². The highest BCUT2D eigenvalue weighted by atomic mass is 35.5. The van der Waals surface area contributed by atoms with Crippen LogP contribution < -0.4 is 0 Å². The molecule has 7 heavy (non-hydrogen) atoms. The van der Waals surface area contributed by atoms with Crippen molar-refractivity contribution in [2.75, 3.05) is 5.88 Å². The molecular weight excluding hydrogens is 115 g/mol. The predicted octanol–water partition coefficient (Wildman–Crippen LogP) is 0.950. The molecule has 0 aliphatic carbocycles. The van der Waals surface area contributed by atoms with Crippen LogP contribution >= 0.6 is 11.6 Å². The van der Waals surface area contributed by atoms with Crippen molar-refractivity contribution in [3.63, 3.8) is 0 Å². The summed E-state index contributed by atoms with van der Waals surface area (Å²) in [7, 11) is 0. The number of alkyl halides is 1. The smallest absolute Gasteiger partial charge is 0.303 e. The van der Waals surface area contributed by atoms with Crippen LogP contribution in [-0.4, -0.2) is 11.8 Å². The Morgan fingerprint density at radius 2 is 2.57 bits per heavy atom. The van der Waals surface area contributed by atoms with Gasteiger partial charge in [-0.2, -0.15) is 0 Å². The summed E-state index contributed by atoms with van der Waals surface area (Å²) in [6, 6.07) is 0. The third-order valence-corrected chi connectivity index (χ3v) is 0.438. The van der Waals surface area contributed by atoms with Gasteiger partial charge in [0.2, 0.25) is 0 Å². The molecule has 0 rings (SSSR count). The fourth-order valence-electron chi connectivity index (χ4n) is 0.149. The quantitative estimate of drug-likeness (QED) is 0.402. The molecule has 2 nitrogen and oxygen atoms in total. The lowest BCUT2D eigenvalue weighted by Gasteiger charge is -1.91. The summed E-state index contributed by atoms with van der Waals surface area (Å²) in [6.07, 6.45) is 0. The van der Waals surface area contributed by atoms with Crippen molar-refractivity contribution in [1.82, 2.24) is 0 Å². The molecule has 0 aromatic carbocycles. The number of esters is 1. The van der Waals surface area contributed by atoms with Gasteiger partial charge in [0.15, 0.2) is 6.61 Å². The van der Waals surface area contributed by atoms with E-state index in [1.807, 2.05) is 0 Å². The molecule has 0 unspecified atom stereocenters. The van der Waals surface area contributed by atoms with E-state index in [9.17, 15) is 4.79 Å². The van der Waals surface area contributed by atoms with Crippen LogP contribution in [0.3, 0.4) is 0 Å². The lowest BCUT2D eigenvalue weighted by molar-refractivity contribution is -0.137. The Hall–Kier alpha value is -0.240. The van der Waals surface area contributed by atoms with E-state index in [0.29, 0.717) is 0 Å². The first-order valence-corrected chi connectivity index (χ1v) is 2.35. The number of halogens is 1. The van der Waals surface area contributed by atoms with Gasteiger partial charge in [-0.3, -0.25) is 4.79 Å². The molecular formula is C4H6ClO2. The van der Waals surface area contributed by atoms with E-state index in [4.69, 9.17) is 11.6 Å². The molecule has 0 N–H and O–H groups in total. The van der Waals surface area contributed by atoms with Crippen LogP contribution in [0.2, 0.25) is 0 Å². The lowest BCUT2D eigenvalue weighted by Crippen LogP contribution is -1.94. The van der Waals surface area contributed by atoms with E-state index >= 15 is 0 Å². The summed E-state index contributed by atoms with van der Waals surface area (Å²) in [6.45, 7) is 2.56. The number of hydrogen-bond donors (Lipinski definition) is 0. The first-order chi connectivity index (χ1) is 3.27. The molecule has 0 saturated heterocycles. The monoisotopic (exact) mass is 121 g/mol. The van der Waals surface area contributed by atoms with Crippen molar-refractivity contribution in [2.24, 2.45) is 0 Å². The van der Waals surface area contributed by atoms with E-state index in [1.165, 1.54) is 13.5 Å². The van der Waals surface area contributed by atoms with E-state index < -0.39 is 0 Å². The van der Waals surface area contributed by atoms with Crippen LogP contribution in [0.1, 0.15) is 6.92 Å². The van der Waals surface area contributed by atoms with E-state index in [0.717, 1.165) is 0 Å². The Balaban J connectivity index is 2.82. The van der Waals surface area contributed by atoms with Gasteiger partial charge in [0.25, 0.3) is 0 Å². The molecule has 0 aromatic rings. The van der Waals surface area contributed by atoms with Crippen LogP contribution in [0.4, 0.5) is 0 Å². The zero-order chi connectivity index (χ0) is 5.70. The Morgan fingerprint density at radius 3 is 2.71 bits per heavy atom.